The fourth-order valence-electron chi connectivity index (χ4n) is 3.08. The third-order valence-corrected chi connectivity index (χ3v) is 4.60. The standard InChI is InChI=1S/C19H24FN3O2/c1-12-5-6-16(14(20)9-12)23-17-10-22-8-7-13(17)11-25-18-4-2-3-15(21)19(18)24/h5-10,15,18-19,23-24H,2-4,11,21H2,1H3. The van der Waals surface area contributed by atoms with Gasteiger partial charge in [0, 0.05) is 17.8 Å². The van der Waals surface area contributed by atoms with Crippen molar-refractivity contribution in [3.8, 4) is 0 Å². The van der Waals surface area contributed by atoms with Gasteiger partial charge in [-0.3, -0.25) is 4.98 Å². The maximum atomic E-state index is 14.1. The lowest BCUT2D eigenvalue weighted by Gasteiger charge is -2.32. The van der Waals surface area contributed by atoms with Gasteiger partial charge in [-0.15, -0.1) is 0 Å². The van der Waals surface area contributed by atoms with E-state index in [1.807, 2.05) is 19.1 Å². The van der Waals surface area contributed by atoms with Crippen molar-refractivity contribution < 1.29 is 14.2 Å². The molecule has 2 aromatic rings. The average Bonchev–Trinajstić information content (AvgIpc) is 2.60. The molecule has 25 heavy (non-hydrogen) atoms. The molecule has 1 aliphatic rings. The highest BCUT2D eigenvalue weighted by atomic mass is 19.1. The van der Waals surface area contributed by atoms with Crippen molar-refractivity contribution in [1.29, 1.82) is 0 Å². The van der Waals surface area contributed by atoms with E-state index in [0.29, 0.717) is 18.0 Å². The van der Waals surface area contributed by atoms with Gasteiger partial charge in [-0.25, -0.2) is 4.39 Å². The number of aromatic nitrogens is 1. The summed E-state index contributed by atoms with van der Waals surface area (Å²) in [4.78, 5) is 4.10. The molecule has 6 heteroatoms. The van der Waals surface area contributed by atoms with Crippen molar-refractivity contribution in [2.45, 2.75) is 51.0 Å². The fourth-order valence-corrected chi connectivity index (χ4v) is 3.08. The second kappa shape index (κ2) is 7.91. The molecular weight excluding hydrogens is 321 g/mol. The van der Waals surface area contributed by atoms with Gasteiger partial charge in [0.1, 0.15) is 5.82 Å². The third-order valence-electron chi connectivity index (χ3n) is 4.60. The molecule has 134 valence electrons. The Bertz CT molecular complexity index is 726. The zero-order valence-corrected chi connectivity index (χ0v) is 14.3. The van der Waals surface area contributed by atoms with Crippen LogP contribution in [0.25, 0.3) is 0 Å². The summed E-state index contributed by atoms with van der Waals surface area (Å²) in [5.74, 6) is -0.315. The second-order valence-electron chi connectivity index (χ2n) is 6.58. The Morgan fingerprint density at radius 3 is 2.96 bits per heavy atom. The molecule has 0 radical (unpaired) electrons. The zero-order chi connectivity index (χ0) is 17.8. The van der Waals surface area contributed by atoms with E-state index in [1.54, 1.807) is 18.5 Å². The van der Waals surface area contributed by atoms with Crippen LogP contribution in [0.15, 0.2) is 36.7 Å². The van der Waals surface area contributed by atoms with E-state index >= 15 is 0 Å². The second-order valence-corrected chi connectivity index (χ2v) is 6.58. The first-order valence-corrected chi connectivity index (χ1v) is 8.56. The van der Waals surface area contributed by atoms with Crippen molar-refractivity contribution in [3.63, 3.8) is 0 Å². The van der Waals surface area contributed by atoms with Crippen LogP contribution in [0.5, 0.6) is 0 Å². The molecule has 3 rings (SSSR count). The molecule has 3 atom stereocenters. The molecule has 0 spiro atoms. The number of nitrogens with zero attached hydrogens (tertiary/aromatic N) is 1. The number of halogens is 1. The first-order chi connectivity index (χ1) is 12.0. The van der Waals surface area contributed by atoms with Crippen LogP contribution < -0.4 is 11.1 Å². The first-order valence-electron chi connectivity index (χ1n) is 8.56. The quantitative estimate of drug-likeness (QED) is 0.776. The Morgan fingerprint density at radius 2 is 2.16 bits per heavy atom. The summed E-state index contributed by atoms with van der Waals surface area (Å²) < 4.78 is 20.0. The van der Waals surface area contributed by atoms with Crippen LogP contribution in [0.3, 0.4) is 0 Å². The molecular formula is C19H24FN3O2. The van der Waals surface area contributed by atoms with Gasteiger partial charge in [0.25, 0.3) is 0 Å². The van der Waals surface area contributed by atoms with Crippen molar-refractivity contribution in [3.05, 3.63) is 53.6 Å². The number of anilines is 2. The van der Waals surface area contributed by atoms with Crippen LogP contribution in [0, 0.1) is 12.7 Å². The van der Waals surface area contributed by atoms with Crippen molar-refractivity contribution in [1.82, 2.24) is 4.98 Å². The van der Waals surface area contributed by atoms with Gasteiger partial charge in [-0.2, -0.15) is 0 Å². The van der Waals surface area contributed by atoms with E-state index in [9.17, 15) is 9.50 Å². The number of ether oxygens (including phenoxy) is 1. The maximum Gasteiger partial charge on any atom is 0.146 e. The number of nitrogens with one attached hydrogen (secondary N) is 1. The van der Waals surface area contributed by atoms with E-state index in [-0.39, 0.29) is 18.0 Å². The molecule has 1 heterocycles. The monoisotopic (exact) mass is 345 g/mol. The molecule has 3 unspecified atom stereocenters. The van der Waals surface area contributed by atoms with E-state index in [1.165, 1.54) is 6.07 Å². The summed E-state index contributed by atoms with van der Waals surface area (Å²) >= 11 is 0. The van der Waals surface area contributed by atoms with Gasteiger partial charge >= 0.3 is 0 Å². The van der Waals surface area contributed by atoms with Crippen molar-refractivity contribution >= 4 is 11.4 Å². The number of nitrogens with two attached hydrogens (primary N) is 1. The molecule has 1 fully saturated rings. The van der Waals surface area contributed by atoms with Crippen LogP contribution in [0.2, 0.25) is 0 Å². The third kappa shape index (κ3) is 4.34. The largest absolute Gasteiger partial charge is 0.389 e. The van der Waals surface area contributed by atoms with E-state index < -0.39 is 6.10 Å². The average molecular weight is 345 g/mol. The fraction of sp³-hybridized carbons (Fsp3) is 0.421. The number of aryl methyl sites for hydroxylation is 1. The minimum atomic E-state index is -0.651. The summed E-state index contributed by atoms with van der Waals surface area (Å²) in [6, 6.07) is 6.61. The maximum absolute atomic E-state index is 14.1. The predicted octanol–water partition coefficient (Wildman–Crippen LogP) is 3.03. The van der Waals surface area contributed by atoms with Gasteiger partial charge < -0.3 is 20.9 Å². The lowest BCUT2D eigenvalue weighted by molar-refractivity contribution is -0.0739. The number of rotatable bonds is 5. The summed E-state index contributed by atoms with van der Waals surface area (Å²) in [5, 5.41) is 13.2. The number of hydrogen-bond acceptors (Lipinski definition) is 5. The van der Waals surface area contributed by atoms with Crippen molar-refractivity contribution in [2.75, 3.05) is 5.32 Å². The SMILES string of the molecule is Cc1ccc(Nc2cnccc2COC2CCCC(N)C2O)c(F)c1. The molecule has 0 amide bonds. The van der Waals surface area contributed by atoms with Crippen LogP contribution in [0.4, 0.5) is 15.8 Å². The summed E-state index contributed by atoms with van der Waals surface area (Å²) in [6.07, 6.45) is 4.92. The van der Waals surface area contributed by atoms with Gasteiger partial charge in [0.2, 0.25) is 0 Å². The van der Waals surface area contributed by atoms with E-state index in [0.717, 1.165) is 30.4 Å². The van der Waals surface area contributed by atoms with Gasteiger partial charge in [0.15, 0.2) is 0 Å². The summed E-state index contributed by atoms with van der Waals surface area (Å²) in [7, 11) is 0. The lowest BCUT2D eigenvalue weighted by Crippen LogP contribution is -2.47. The molecule has 1 aromatic carbocycles. The summed E-state index contributed by atoms with van der Waals surface area (Å²) in [5.41, 5.74) is 8.68. The Balaban J connectivity index is 1.70. The first kappa shape index (κ1) is 17.8. The number of pyridine rings is 1. The highest BCUT2D eigenvalue weighted by molar-refractivity contribution is 5.62. The van der Waals surface area contributed by atoms with Gasteiger partial charge in [-0.1, -0.05) is 6.07 Å². The van der Waals surface area contributed by atoms with E-state index in [2.05, 4.69) is 10.3 Å². The molecule has 4 N–H and O–H groups in total. The minimum Gasteiger partial charge on any atom is -0.389 e. The Labute approximate surface area is 147 Å². The molecule has 1 aliphatic carbocycles. The Morgan fingerprint density at radius 1 is 1.32 bits per heavy atom. The van der Waals surface area contributed by atoms with Crippen LogP contribution in [0.1, 0.15) is 30.4 Å². The zero-order valence-electron chi connectivity index (χ0n) is 14.3. The van der Waals surface area contributed by atoms with Gasteiger partial charge in [0.05, 0.1) is 36.4 Å². The number of aliphatic hydroxyl groups is 1. The van der Waals surface area contributed by atoms with Crippen molar-refractivity contribution in [2.24, 2.45) is 5.73 Å². The molecule has 0 saturated heterocycles. The lowest BCUT2D eigenvalue weighted by atomic mass is 9.90. The molecule has 0 aliphatic heterocycles. The highest BCUT2D eigenvalue weighted by Gasteiger charge is 2.30. The Hall–Kier alpha value is -2.02. The Kier molecular flexibility index (Phi) is 5.63. The van der Waals surface area contributed by atoms with Crippen LogP contribution in [-0.4, -0.2) is 28.3 Å². The number of benzene rings is 1. The normalized spacial score (nSPS) is 23.4. The molecule has 1 saturated carbocycles. The highest BCUT2D eigenvalue weighted by Crippen LogP contribution is 2.26. The summed E-state index contributed by atoms with van der Waals surface area (Å²) in [6.45, 7) is 2.14. The topological polar surface area (TPSA) is 80.4 Å². The van der Waals surface area contributed by atoms with Crippen LogP contribution in [-0.2, 0) is 11.3 Å². The molecule has 5 nitrogen and oxygen atoms in total. The van der Waals surface area contributed by atoms with Crippen LogP contribution >= 0.6 is 0 Å². The smallest absolute Gasteiger partial charge is 0.146 e. The molecule has 0 bridgehead atoms. The number of hydrogen-bond donors (Lipinski definition) is 3. The predicted molar refractivity (Wildman–Crippen MR) is 95.1 cm³/mol. The number of aliphatic hydroxyl groups excluding tert-OH is 1. The van der Waals surface area contributed by atoms with Gasteiger partial charge in [-0.05, 0) is 49.9 Å². The minimum absolute atomic E-state index is 0.240. The van der Waals surface area contributed by atoms with E-state index in [4.69, 9.17) is 10.5 Å². The molecule has 1 aromatic heterocycles.